The topological polar surface area (TPSA) is 63.0 Å². The van der Waals surface area contributed by atoms with Gasteiger partial charge in [0.1, 0.15) is 17.3 Å². The molecule has 1 aliphatic rings. The van der Waals surface area contributed by atoms with Crippen molar-refractivity contribution in [1.82, 2.24) is 4.98 Å². The number of pyridine rings is 1. The number of fused-ring (bicyclic) bond motifs is 1. The van der Waals surface area contributed by atoms with Crippen molar-refractivity contribution in [2.45, 2.75) is 57.5 Å². The summed E-state index contributed by atoms with van der Waals surface area (Å²) < 4.78 is 27.7. The molecular formula is C26H29ClN2O2S. The first kappa shape index (κ1) is 22.8. The summed E-state index contributed by atoms with van der Waals surface area (Å²) in [7, 11) is -2.93. The molecule has 4 nitrogen and oxygen atoms in total. The minimum absolute atomic E-state index is 0.0651. The van der Waals surface area contributed by atoms with Crippen LogP contribution >= 0.6 is 11.6 Å². The SMILES string of the molecule is Cc1cc(C(C)(C)C)c(Cl)cc1-c1cc(OCc2ccccc2)c2c(n1)CCCS2(=N)=O. The zero-order valence-electron chi connectivity index (χ0n) is 19.0. The molecule has 2 aromatic carbocycles. The molecule has 0 aliphatic carbocycles. The van der Waals surface area contributed by atoms with Gasteiger partial charge in [-0.25, -0.2) is 8.99 Å². The second kappa shape index (κ2) is 8.53. The van der Waals surface area contributed by atoms with Gasteiger partial charge in [0, 0.05) is 22.4 Å². The van der Waals surface area contributed by atoms with Crippen molar-refractivity contribution in [3.05, 3.63) is 75.9 Å². The summed E-state index contributed by atoms with van der Waals surface area (Å²) in [6.45, 7) is 8.83. The Bertz CT molecular complexity index is 1260. The summed E-state index contributed by atoms with van der Waals surface area (Å²) in [4.78, 5) is 5.31. The van der Waals surface area contributed by atoms with Crippen LogP contribution in [0.3, 0.4) is 0 Å². The molecule has 1 unspecified atom stereocenters. The highest BCUT2D eigenvalue weighted by Crippen LogP contribution is 2.39. The fourth-order valence-electron chi connectivity index (χ4n) is 4.14. The van der Waals surface area contributed by atoms with E-state index in [0.29, 0.717) is 46.6 Å². The largest absolute Gasteiger partial charge is 0.487 e. The molecule has 0 bridgehead atoms. The third-order valence-electron chi connectivity index (χ3n) is 5.82. The van der Waals surface area contributed by atoms with Crippen molar-refractivity contribution >= 4 is 21.3 Å². The fraction of sp³-hybridized carbons (Fsp3) is 0.346. The van der Waals surface area contributed by atoms with Gasteiger partial charge in [-0.2, -0.15) is 0 Å². The molecule has 32 heavy (non-hydrogen) atoms. The van der Waals surface area contributed by atoms with Gasteiger partial charge in [0.25, 0.3) is 0 Å². The average Bonchev–Trinajstić information content (AvgIpc) is 2.72. The normalized spacial score (nSPS) is 18.3. The van der Waals surface area contributed by atoms with Crippen LogP contribution in [0.25, 0.3) is 11.3 Å². The Morgan fingerprint density at radius 3 is 2.56 bits per heavy atom. The van der Waals surface area contributed by atoms with Gasteiger partial charge in [-0.1, -0.05) is 68.8 Å². The maximum absolute atomic E-state index is 13.1. The van der Waals surface area contributed by atoms with Gasteiger partial charge < -0.3 is 4.74 Å². The molecule has 3 aromatic rings. The first-order chi connectivity index (χ1) is 15.1. The molecule has 1 N–H and O–H groups in total. The number of benzene rings is 2. The lowest BCUT2D eigenvalue weighted by Gasteiger charge is -2.24. The number of hydrogen-bond donors (Lipinski definition) is 1. The molecule has 168 valence electrons. The van der Waals surface area contributed by atoms with Crippen LogP contribution in [0.4, 0.5) is 0 Å². The van der Waals surface area contributed by atoms with Crippen molar-refractivity contribution in [1.29, 1.82) is 4.78 Å². The van der Waals surface area contributed by atoms with Crippen LogP contribution in [0, 0.1) is 11.7 Å². The maximum Gasteiger partial charge on any atom is 0.140 e. The molecular weight excluding hydrogens is 440 g/mol. The molecule has 0 fully saturated rings. The standard InChI is InChI=1S/C26H29ClN2O2S/c1-17-13-20(26(2,3)4)21(27)14-19(17)23-15-24(31-16-18-9-6-5-7-10-18)25-22(29-23)11-8-12-32(25,28)30/h5-7,9-10,13-15,28H,8,11-12,16H2,1-4H3. The Morgan fingerprint density at radius 2 is 1.88 bits per heavy atom. The van der Waals surface area contributed by atoms with Crippen LogP contribution in [0.15, 0.2) is 53.4 Å². The van der Waals surface area contributed by atoms with Gasteiger partial charge in [0.2, 0.25) is 0 Å². The minimum atomic E-state index is -2.93. The second-order valence-electron chi connectivity index (χ2n) is 9.44. The molecule has 1 atom stereocenters. The van der Waals surface area contributed by atoms with E-state index >= 15 is 0 Å². The Labute approximate surface area is 196 Å². The van der Waals surface area contributed by atoms with Crippen molar-refractivity contribution in [2.24, 2.45) is 0 Å². The van der Waals surface area contributed by atoms with Gasteiger partial charge >= 0.3 is 0 Å². The van der Waals surface area contributed by atoms with E-state index in [1.54, 1.807) is 0 Å². The van der Waals surface area contributed by atoms with E-state index in [1.165, 1.54) is 0 Å². The lowest BCUT2D eigenvalue weighted by atomic mass is 9.85. The van der Waals surface area contributed by atoms with Crippen molar-refractivity contribution in [2.75, 3.05) is 5.75 Å². The maximum atomic E-state index is 13.1. The highest BCUT2D eigenvalue weighted by molar-refractivity contribution is 7.92. The summed E-state index contributed by atoms with van der Waals surface area (Å²) in [6.07, 6.45) is 1.38. The van der Waals surface area contributed by atoms with E-state index in [2.05, 4.69) is 33.8 Å². The first-order valence-corrected chi connectivity index (χ1v) is 12.9. The van der Waals surface area contributed by atoms with Crippen LogP contribution in [0.5, 0.6) is 5.75 Å². The van der Waals surface area contributed by atoms with Crippen LogP contribution in [0.2, 0.25) is 5.02 Å². The number of aryl methyl sites for hydroxylation is 2. The molecule has 1 aromatic heterocycles. The minimum Gasteiger partial charge on any atom is -0.487 e. The summed E-state index contributed by atoms with van der Waals surface area (Å²) in [5, 5.41) is 0.702. The van der Waals surface area contributed by atoms with Crippen LogP contribution in [-0.2, 0) is 28.2 Å². The third-order valence-corrected chi connectivity index (χ3v) is 8.09. The quantitative estimate of drug-likeness (QED) is 0.451. The molecule has 6 heteroatoms. The first-order valence-electron chi connectivity index (χ1n) is 10.8. The zero-order chi connectivity index (χ0) is 23.1. The van der Waals surface area contributed by atoms with E-state index in [4.69, 9.17) is 26.1 Å². The van der Waals surface area contributed by atoms with Gasteiger partial charge in [-0.05, 0) is 47.9 Å². The van der Waals surface area contributed by atoms with E-state index in [-0.39, 0.29) is 5.41 Å². The Morgan fingerprint density at radius 1 is 1.16 bits per heavy atom. The number of aromatic nitrogens is 1. The summed E-state index contributed by atoms with van der Waals surface area (Å²) in [6, 6.07) is 15.8. The Balaban J connectivity index is 1.83. The Hall–Kier alpha value is -2.37. The molecule has 1 aliphatic heterocycles. The lowest BCUT2D eigenvalue weighted by molar-refractivity contribution is 0.297. The third kappa shape index (κ3) is 4.55. The van der Waals surface area contributed by atoms with E-state index < -0.39 is 9.73 Å². The number of halogens is 1. The predicted octanol–water partition coefficient (Wildman–Crippen LogP) is 6.94. The molecule has 2 heterocycles. The van der Waals surface area contributed by atoms with E-state index in [0.717, 1.165) is 27.9 Å². The van der Waals surface area contributed by atoms with Crippen LogP contribution < -0.4 is 4.74 Å². The number of nitrogens with one attached hydrogen (secondary N) is 1. The predicted molar refractivity (Wildman–Crippen MR) is 131 cm³/mol. The number of ether oxygens (including phenoxy) is 1. The van der Waals surface area contributed by atoms with E-state index in [1.807, 2.05) is 42.5 Å². The molecule has 0 spiro atoms. The summed E-state index contributed by atoms with van der Waals surface area (Å²) in [5.41, 5.74) is 5.48. The average molecular weight is 469 g/mol. The molecule has 4 rings (SSSR count). The van der Waals surface area contributed by atoms with Crippen LogP contribution in [-0.4, -0.2) is 14.9 Å². The van der Waals surface area contributed by atoms with Crippen LogP contribution in [0.1, 0.15) is 49.6 Å². The zero-order valence-corrected chi connectivity index (χ0v) is 20.6. The highest BCUT2D eigenvalue weighted by atomic mass is 35.5. The molecule has 0 amide bonds. The van der Waals surface area contributed by atoms with Crippen molar-refractivity contribution in [3.63, 3.8) is 0 Å². The monoisotopic (exact) mass is 468 g/mol. The van der Waals surface area contributed by atoms with Gasteiger partial charge in [0.15, 0.2) is 0 Å². The van der Waals surface area contributed by atoms with E-state index in [9.17, 15) is 4.21 Å². The number of rotatable bonds is 4. The van der Waals surface area contributed by atoms with Gasteiger partial charge in [-0.3, -0.25) is 4.98 Å². The molecule has 0 radical (unpaired) electrons. The smallest absolute Gasteiger partial charge is 0.140 e. The fourth-order valence-corrected chi connectivity index (χ4v) is 6.31. The number of hydrogen-bond acceptors (Lipinski definition) is 4. The number of nitrogens with zero attached hydrogens (tertiary/aromatic N) is 1. The summed E-state index contributed by atoms with van der Waals surface area (Å²) >= 11 is 6.67. The molecule has 0 saturated heterocycles. The lowest BCUT2D eigenvalue weighted by Crippen LogP contribution is -2.18. The van der Waals surface area contributed by atoms with Gasteiger partial charge in [-0.15, -0.1) is 0 Å². The van der Waals surface area contributed by atoms with Crippen molar-refractivity contribution in [3.8, 4) is 17.0 Å². The summed E-state index contributed by atoms with van der Waals surface area (Å²) in [5.74, 6) is 0.831. The molecule has 0 saturated carbocycles. The Kier molecular flexibility index (Phi) is 6.08. The van der Waals surface area contributed by atoms with Gasteiger partial charge in [0.05, 0.1) is 21.1 Å². The highest BCUT2D eigenvalue weighted by Gasteiger charge is 2.28. The van der Waals surface area contributed by atoms with Crippen molar-refractivity contribution < 1.29 is 8.95 Å². The second-order valence-corrected chi connectivity index (χ2v) is 12.0.